The third-order valence-corrected chi connectivity index (χ3v) is 5.18. The molecule has 2 unspecified atom stereocenters. The van der Waals surface area contributed by atoms with Crippen LogP contribution in [-0.4, -0.2) is 42.8 Å². The van der Waals surface area contributed by atoms with E-state index in [0.29, 0.717) is 11.5 Å². The van der Waals surface area contributed by atoms with Gasteiger partial charge in [0.25, 0.3) is 0 Å². The van der Waals surface area contributed by atoms with Crippen LogP contribution in [0.2, 0.25) is 0 Å². The monoisotopic (exact) mass is 268 g/mol. The molecule has 0 radical (unpaired) electrons. The van der Waals surface area contributed by atoms with Gasteiger partial charge in [0.05, 0.1) is 6.10 Å². The molecular formula is C16H32N2O. The van der Waals surface area contributed by atoms with Gasteiger partial charge in [-0.15, -0.1) is 0 Å². The SMILES string of the molecule is CCN(CC1CCCO1)C1(CN)CCCC(C)(C)C1. The Hall–Kier alpha value is -0.120. The Morgan fingerprint density at radius 2 is 2.05 bits per heavy atom. The summed E-state index contributed by atoms with van der Waals surface area (Å²) in [4.78, 5) is 2.63. The van der Waals surface area contributed by atoms with Crippen molar-refractivity contribution in [3.63, 3.8) is 0 Å². The van der Waals surface area contributed by atoms with E-state index in [9.17, 15) is 0 Å². The molecular weight excluding hydrogens is 236 g/mol. The van der Waals surface area contributed by atoms with E-state index in [2.05, 4.69) is 25.7 Å². The summed E-state index contributed by atoms with van der Waals surface area (Å²) in [5, 5.41) is 0. The predicted octanol–water partition coefficient (Wildman–Crippen LogP) is 2.79. The summed E-state index contributed by atoms with van der Waals surface area (Å²) in [5.41, 5.74) is 6.87. The van der Waals surface area contributed by atoms with E-state index in [-0.39, 0.29) is 5.54 Å². The minimum atomic E-state index is 0.211. The fraction of sp³-hybridized carbons (Fsp3) is 1.00. The summed E-state index contributed by atoms with van der Waals surface area (Å²) in [5.74, 6) is 0. The van der Waals surface area contributed by atoms with E-state index in [1.165, 1.54) is 38.5 Å². The first-order chi connectivity index (χ1) is 9.01. The summed E-state index contributed by atoms with van der Waals surface area (Å²) in [6.45, 7) is 11.0. The first kappa shape index (κ1) is 15.3. The van der Waals surface area contributed by atoms with Gasteiger partial charge in [0.1, 0.15) is 0 Å². The third-order valence-electron chi connectivity index (χ3n) is 5.18. The van der Waals surface area contributed by atoms with Crippen molar-refractivity contribution in [2.75, 3.05) is 26.2 Å². The van der Waals surface area contributed by atoms with Gasteiger partial charge < -0.3 is 10.5 Å². The second-order valence-electron chi connectivity index (χ2n) is 7.30. The first-order valence-electron chi connectivity index (χ1n) is 8.08. The number of hydrogen-bond acceptors (Lipinski definition) is 3. The predicted molar refractivity (Wildman–Crippen MR) is 80.3 cm³/mol. The fourth-order valence-electron chi connectivity index (χ4n) is 4.23. The zero-order valence-electron chi connectivity index (χ0n) is 13.1. The van der Waals surface area contributed by atoms with Gasteiger partial charge in [-0.1, -0.05) is 27.2 Å². The van der Waals surface area contributed by atoms with E-state index >= 15 is 0 Å². The maximum absolute atomic E-state index is 6.23. The average Bonchev–Trinajstić information content (AvgIpc) is 2.87. The van der Waals surface area contributed by atoms with Gasteiger partial charge >= 0.3 is 0 Å². The molecule has 0 spiro atoms. The van der Waals surface area contributed by atoms with Gasteiger partial charge in [-0.05, 0) is 44.1 Å². The Bertz CT molecular complexity index is 286. The largest absolute Gasteiger partial charge is 0.377 e. The van der Waals surface area contributed by atoms with Crippen molar-refractivity contribution in [1.29, 1.82) is 0 Å². The number of hydrogen-bond donors (Lipinski definition) is 1. The van der Waals surface area contributed by atoms with Crippen LogP contribution in [0.25, 0.3) is 0 Å². The molecule has 3 nitrogen and oxygen atoms in total. The van der Waals surface area contributed by atoms with Gasteiger partial charge in [0.2, 0.25) is 0 Å². The highest BCUT2D eigenvalue weighted by atomic mass is 16.5. The van der Waals surface area contributed by atoms with Crippen molar-refractivity contribution in [3.05, 3.63) is 0 Å². The number of rotatable bonds is 5. The van der Waals surface area contributed by atoms with Crippen molar-refractivity contribution in [1.82, 2.24) is 4.90 Å². The number of likely N-dealkylation sites (N-methyl/N-ethyl adjacent to an activating group) is 1. The van der Waals surface area contributed by atoms with Gasteiger partial charge in [-0.2, -0.15) is 0 Å². The highest BCUT2D eigenvalue weighted by Crippen LogP contribution is 2.43. The zero-order valence-corrected chi connectivity index (χ0v) is 13.1. The molecule has 1 saturated heterocycles. The molecule has 2 rings (SSSR count). The van der Waals surface area contributed by atoms with E-state index in [0.717, 1.165) is 26.2 Å². The summed E-state index contributed by atoms with van der Waals surface area (Å²) in [6, 6.07) is 0. The van der Waals surface area contributed by atoms with Crippen molar-refractivity contribution in [2.45, 2.75) is 70.9 Å². The molecule has 112 valence electrons. The summed E-state index contributed by atoms with van der Waals surface area (Å²) in [7, 11) is 0. The second-order valence-corrected chi connectivity index (χ2v) is 7.30. The molecule has 1 aliphatic heterocycles. The zero-order chi connectivity index (χ0) is 13.9. The van der Waals surface area contributed by atoms with Gasteiger partial charge in [-0.3, -0.25) is 4.90 Å². The molecule has 0 aromatic carbocycles. The summed E-state index contributed by atoms with van der Waals surface area (Å²) >= 11 is 0. The average molecular weight is 268 g/mol. The van der Waals surface area contributed by atoms with E-state index in [4.69, 9.17) is 10.5 Å². The minimum Gasteiger partial charge on any atom is -0.377 e. The molecule has 2 N–H and O–H groups in total. The van der Waals surface area contributed by atoms with Crippen LogP contribution >= 0.6 is 0 Å². The first-order valence-corrected chi connectivity index (χ1v) is 8.08. The van der Waals surface area contributed by atoms with Gasteiger partial charge in [-0.25, -0.2) is 0 Å². The molecule has 2 aliphatic rings. The maximum Gasteiger partial charge on any atom is 0.0703 e. The van der Waals surface area contributed by atoms with Crippen LogP contribution in [-0.2, 0) is 4.74 Å². The normalized spacial score (nSPS) is 34.9. The maximum atomic E-state index is 6.23. The van der Waals surface area contributed by atoms with Crippen LogP contribution in [0.15, 0.2) is 0 Å². The molecule has 0 amide bonds. The molecule has 0 bridgehead atoms. The fourth-order valence-corrected chi connectivity index (χ4v) is 4.23. The smallest absolute Gasteiger partial charge is 0.0703 e. The molecule has 0 aromatic rings. The lowest BCUT2D eigenvalue weighted by Crippen LogP contribution is -2.59. The van der Waals surface area contributed by atoms with Crippen molar-refractivity contribution in [3.8, 4) is 0 Å². The Kier molecular flexibility index (Phi) is 4.91. The lowest BCUT2D eigenvalue weighted by Gasteiger charge is -2.51. The Morgan fingerprint density at radius 1 is 1.26 bits per heavy atom. The standard InChI is InChI=1S/C16H32N2O/c1-4-18(11-14-7-5-10-19-14)16(13-17)9-6-8-15(2,3)12-16/h14H,4-13,17H2,1-3H3. The van der Waals surface area contributed by atoms with Crippen LogP contribution in [0.3, 0.4) is 0 Å². The highest BCUT2D eigenvalue weighted by Gasteiger charge is 2.43. The van der Waals surface area contributed by atoms with Crippen molar-refractivity contribution < 1.29 is 4.74 Å². The molecule has 2 fully saturated rings. The number of nitrogens with two attached hydrogens (primary N) is 1. The molecule has 0 aromatic heterocycles. The molecule has 3 heteroatoms. The third kappa shape index (κ3) is 3.50. The molecule has 1 aliphatic carbocycles. The minimum absolute atomic E-state index is 0.211. The summed E-state index contributed by atoms with van der Waals surface area (Å²) < 4.78 is 5.84. The van der Waals surface area contributed by atoms with Crippen LogP contribution in [0.1, 0.15) is 59.3 Å². The molecule has 1 saturated carbocycles. The van der Waals surface area contributed by atoms with Gasteiger partial charge in [0, 0.05) is 25.2 Å². The van der Waals surface area contributed by atoms with Gasteiger partial charge in [0.15, 0.2) is 0 Å². The Morgan fingerprint density at radius 3 is 2.58 bits per heavy atom. The lowest BCUT2D eigenvalue weighted by molar-refractivity contribution is -0.0199. The molecule has 1 heterocycles. The molecule has 19 heavy (non-hydrogen) atoms. The Labute approximate surface area is 118 Å². The van der Waals surface area contributed by atoms with Crippen LogP contribution in [0.5, 0.6) is 0 Å². The number of nitrogens with zero attached hydrogens (tertiary/aromatic N) is 1. The van der Waals surface area contributed by atoms with E-state index < -0.39 is 0 Å². The number of ether oxygens (including phenoxy) is 1. The van der Waals surface area contributed by atoms with Crippen LogP contribution in [0.4, 0.5) is 0 Å². The van der Waals surface area contributed by atoms with E-state index in [1.807, 2.05) is 0 Å². The molecule has 2 atom stereocenters. The highest BCUT2D eigenvalue weighted by molar-refractivity contribution is 4.99. The lowest BCUT2D eigenvalue weighted by atomic mass is 9.67. The van der Waals surface area contributed by atoms with Crippen molar-refractivity contribution >= 4 is 0 Å². The van der Waals surface area contributed by atoms with Crippen LogP contribution < -0.4 is 5.73 Å². The summed E-state index contributed by atoms with van der Waals surface area (Å²) in [6.07, 6.45) is 8.03. The van der Waals surface area contributed by atoms with Crippen molar-refractivity contribution in [2.24, 2.45) is 11.1 Å². The second kappa shape index (κ2) is 6.11. The Balaban J connectivity index is 2.07. The topological polar surface area (TPSA) is 38.5 Å². The van der Waals surface area contributed by atoms with E-state index in [1.54, 1.807) is 0 Å². The quantitative estimate of drug-likeness (QED) is 0.833. The van der Waals surface area contributed by atoms with Crippen LogP contribution in [0, 0.1) is 5.41 Å².